The fourth-order valence-corrected chi connectivity index (χ4v) is 5.99. The summed E-state index contributed by atoms with van der Waals surface area (Å²) >= 11 is 0. The molecule has 2 fully saturated rings. The molecule has 0 amide bonds. The number of alkyl halides is 3. The molecule has 1 aromatic carbocycles. The van der Waals surface area contributed by atoms with Gasteiger partial charge in [-0.3, -0.25) is 0 Å². The molecule has 2 aliphatic rings. The summed E-state index contributed by atoms with van der Waals surface area (Å²) < 4.78 is 71.0. The van der Waals surface area contributed by atoms with Crippen LogP contribution in [-0.2, 0) is 16.2 Å². The zero-order valence-corrected chi connectivity index (χ0v) is 22.5. The van der Waals surface area contributed by atoms with Gasteiger partial charge in [-0.25, -0.2) is 8.42 Å². The molecule has 10 nitrogen and oxygen atoms in total. The van der Waals surface area contributed by atoms with Crippen LogP contribution in [0, 0.1) is 0 Å². The Bertz CT molecular complexity index is 1370. The van der Waals surface area contributed by atoms with Crippen LogP contribution in [0.3, 0.4) is 0 Å². The summed E-state index contributed by atoms with van der Waals surface area (Å²) in [6.45, 7) is 5.36. The number of nitrogens with zero attached hydrogens (tertiary/aromatic N) is 7. The van der Waals surface area contributed by atoms with E-state index in [0.29, 0.717) is 44.5 Å². The lowest BCUT2D eigenvalue weighted by molar-refractivity contribution is -0.146. The summed E-state index contributed by atoms with van der Waals surface area (Å²) in [7, 11) is -3.11. The Morgan fingerprint density at radius 1 is 0.949 bits per heavy atom. The highest BCUT2D eigenvalue weighted by Gasteiger charge is 2.38. The molecular weight excluding hydrogens is 535 g/mol. The van der Waals surface area contributed by atoms with Gasteiger partial charge in [0.05, 0.1) is 12.9 Å². The third kappa shape index (κ3) is 6.61. The molecule has 0 saturated carbocycles. The minimum Gasteiger partial charge on any atom is -0.494 e. The van der Waals surface area contributed by atoms with E-state index in [4.69, 9.17) is 4.74 Å². The van der Waals surface area contributed by atoms with E-state index in [1.807, 2.05) is 17.0 Å². The third-order valence-corrected chi connectivity index (χ3v) is 8.66. The second-order valence-electron chi connectivity index (χ2n) is 10.0. The van der Waals surface area contributed by atoms with E-state index in [-0.39, 0.29) is 5.65 Å². The Morgan fingerprint density at radius 2 is 1.64 bits per heavy atom. The Morgan fingerprint density at radius 3 is 2.28 bits per heavy atom. The molecule has 0 unspecified atom stereocenters. The van der Waals surface area contributed by atoms with Crippen LogP contribution in [0.25, 0.3) is 5.65 Å². The molecule has 0 N–H and O–H groups in total. The first-order chi connectivity index (χ1) is 18.6. The van der Waals surface area contributed by atoms with Crippen LogP contribution in [0.4, 0.5) is 19.0 Å². The molecule has 2 aliphatic heterocycles. The van der Waals surface area contributed by atoms with Gasteiger partial charge in [-0.05, 0) is 55.0 Å². The molecule has 2 saturated heterocycles. The van der Waals surface area contributed by atoms with Crippen molar-refractivity contribution in [2.75, 3.05) is 63.6 Å². The molecule has 212 valence electrons. The SMILES string of the molecule is CS(=O)(=O)N1CCN(CCCOc2ccc(C3CCN(c4ccc5nnc(C(F)(F)F)n5n4)CC3)cc2)CC1. The number of hydrogen-bond donors (Lipinski definition) is 0. The number of piperidine rings is 1. The molecule has 0 atom stereocenters. The Balaban J connectivity index is 1.07. The maximum absolute atomic E-state index is 13.2. The molecule has 0 spiro atoms. The Hall–Kier alpha value is -2.97. The number of hydrogen-bond acceptors (Lipinski definition) is 8. The molecule has 14 heteroatoms. The minimum absolute atomic E-state index is 0.0655. The lowest BCUT2D eigenvalue weighted by Crippen LogP contribution is -2.48. The van der Waals surface area contributed by atoms with Gasteiger partial charge in [0.15, 0.2) is 5.65 Å². The second-order valence-corrected chi connectivity index (χ2v) is 12.0. The highest BCUT2D eigenvalue weighted by Crippen LogP contribution is 2.32. The molecule has 0 aliphatic carbocycles. The van der Waals surface area contributed by atoms with Crippen LogP contribution >= 0.6 is 0 Å². The van der Waals surface area contributed by atoms with Crippen LogP contribution in [0.5, 0.6) is 5.75 Å². The average Bonchev–Trinajstić information content (AvgIpc) is 3.36. The minimum atomic E-state index is -4.62. The monoisotopic (exact) mass is 567 g/mol. The number of benzene rings is 1. The number of piperazine rings is 1. The maximum atomic E-state index is 13.2. The number of rotatable bonds is 8. The third-order valence-electron chi connectivity index (χ3n) is 7.36. The Kier molecular flexibility index (Phi) is 7.96. The highest BCUT2D eigenvalue weighted by molar-refractivity contribution is 7.88. The number of halogens is 3. The summed E-state index contributed by atoms with van der Waals surface area (Å²) in [5, 5.41) is 11.0. The molecule has 2 aromatic heterocycles. The normalized spacial score (nSPS) is 18.6. The van der Waals surface area contributed by atoms with Crippen molar-refractivity contribution < 1.29 is 26.3 Å². The first kappa shape index (κ1) is 27.6. The van der Waals surface area contributed by atoms with Gasteiger partial charge in [0.1, 0.15) is 11.6 Å². The summed E-state index contributed by atoms with van der Waals surface area (Å²) in [6, 6.07) is 11.3. The summed E-state index contributed by atoms with van der Waals surface area (Å²) in [4.78, 5) is 4.25. The number of ether oxygens (including phenoxy) is 1. The topological polar surface area (TPSA) is 96.2 Å². The zero-order chi connectivity index (χ0) is 27.6. The average molecular weight is 568 g/mol. The predicted octanol–water partition coefficient (Wildman–Crippen LogP) is 2.87. The van der Waals surface area contributed by atoms with E-state index >= 15 is 0 Å². The van der Waals surface area contributed by atoms with E-state index in [1.54, 1.807) is 6.07 Å². The predicted molar refractivity (Wildman–Crippen MR) is 139 cm³/mol. The van der Waals surface area contributed by atoms with Crippen molar-refractivity contribution in [1.82, 2.24) is 29.0 Å². The van der Waals surface area contributed by atoms with Crippen LogP contribution in [0.1, 0.15) is 36.6 Å². The first-order valence-corrected chi connectivity index (χ1v) is 14.9. The number of sulfonamides is 1. The fraction of sp³-hybridized carbons (Fsp3) is 0.560. The van der Waals surface area contributed by atoms with Crippen molar-refractivity contribution in [3.05, 3.63) is 47.8 Å². The molecule has 39 heavy (non-hydrogen) atoms. The van der Waals surface area contributed by atoms with Crippen LogP contribution in [0.2, 0.25) is 0 Å². The zero-order valence-electron chi connectivity index (χ0n) is 21.7. The number of anilines is 1. The smallest absolute Gasteiger partial charge is 0.453 e. The van der Waals surface area contributed by atoms with Gasteiger partial charge >= 0.3 is 6.18 Å². The van der Waals surface area contributed by atoms with Crippen molar-refractivity contribution in [2.45, 2.75) is 31.4 Å². The van der Waals surface area contributed by atoms with Crippen LogP contribution in [0.15, 0.2) is 36.4 Å². The molecular formula is C25H32F3N7O3S. The lowest BCUT2D eigenvalue weighted by atomic mass is 9.89. The first-order valence-electron chi connectivity index (χ1n) is 13.0. The van der Waals surface area contributed by atoms with Crippen molar-refractivity contribution in [1.29, 1.82) is 0 Å². The van der Waals surface area contributed by atoms with Crippen molar-refractivity contribution >= 4 is 21.5 Å². The number of aromatic nitrogens is 4. The quantitative estimate of drug-likeness (QED) is 0.384. The van der Waals surface area contributed by atoms with Crippen molar-refractivity contribution in [2.24, 2.45) is 0 Å². The molecule has 4 heterocycles. The van der Waals surface area contributed by atoms with Crippen LogP contribution < -0.4 is 9.64 Å². The van der Waals surface area contributed by atoms with E-state index in [9.17, 15) is 21.6 Å². The molecule has 3 aromatic rings. The van der Waals surface area contributed by atoms with Gasteiger partial charge in [-0.2, -0.15) is 22.0 Å². The van der Waals surface area contributed by atoms with Gasteiger partial charge in [-0.15, -0.1) is 15.3 Å². The molecule has 0 bridgehead atoms. The maximum Gasteiger partial charge on any atom is 0.453 e. The van der Waals surface area contributed by atoms with E-state index in [0.717, 1.165) is 49.2 Å². The molecule has 5 rings (SSSR count). The van der Waals surface area contributed by atoms with E-state index < -0.39 is 22.0 Å². The van der Waals surface area contributed by atoms with Crippen molar-refractivity contribution in [3.8, 4) is 5.75 Å². The number of fused-ring (bicyclic) bond motifs is 1. The highest BCUT2D eigenvalue weighted by atomic mass is 32.2. The molecule has 0 radical (unpaired) electrons. The second kappa shape index (κ2) is 11.3. The van der Waals surface area contributed by atoms with Crippen molar-refractivity contribution in [3.63, 3.8) is 0 Å². The van der Waals surface area contributed by atoms with Gasteiger partial charge in [0.25, 0.3) is 5.82 Å². The Labute approximate surface area is 225 Å². The van der Waals surface area contributed by atoms with Gasteiger partial charge in [0, 0.05) is 45.8 Å². The van der Waals surface area contributed by atoms with Gasteiger partial charge in [-0.1, -0.05) is 12.1 Å². The lowest BCUT2D eigenvalue weighted by Gasteiger charge is -2.33. The summed E-state index contributed by atoms with van der Waals surface area (Å²) in [6.07, 6.45) is -0.784. The van der Waals surface area contributed by atoms with E-state index in [2.05, 4.69) is 32.3 Å². The fourth-order valence-electron chi connectivity index (χ4n) is 5.17. The van der Waals surface area contributed by atoms with Gasteiger partial charge in [0.2, 0.25) is 10.0 Å². The summed E-state index contributed by atoms with van der Waals surface area (Å²) in [5.74, 6) is 0.520. The van der Waals surface area contributed by atoms with Crippen LogP contribution in [-0.4, -0.2) is 96.1 Å². The van der Waals surface area contributed by atoms with Gasteiger partial charge < -0.3 is 14.5 Å². The largest absolute Gasteiger partial charge is 0.494 e. The summed E-state index contributed by atoms with van der Waals surface area (Å²) in [5.41, 5.74) is 1.28. The van der Waals surface area contributed by atoms with E-state index in [1.165, 1.54) is 22.2 Å². The standard InChI is InChI=1S/C25H32F3N7O3S/c1-39(36,37)34-16-14-32(15-17-34)11-2-18-38-21-5-3-19(4-6-21)20-9-12-33(13-10-20)23-8-7-22-29-30-24(25(26,27)28)35(22)31-23/h3-8,20H,2,9-18H2,1H3.